The number of aryl methyl sites for hydroxylation is 1. The van der Waals surface area contributed by atoms with Crippen LogP contribution in [-0.4, -0.2) is 47.1 Å². The molecule has 0 aliphatic carbocycles. The normalized spacial score (nSPS) is 15.8. The topological polar surface area (TPSA) is 62.5 Å². The van der Waals surface area contributed by atoms with Crippen molar-refractivity contribution in [3.63, 3.8) is 0 Å². The first kappa shape index (κ1) is 12.2. The smallest absolute Gasteiger partial charge is 0.276 e. The van der Waals surface area contributed by atoms with Crippen LogP contribution in [0.15, 0.2) is 22.2 Å². The summed E-state index contributed by atoms with van der Waals surface area (Å²) in [6, 6.07) is 1.60. The third-order valence-corrected chi connectivity index (χ3v) is 4.12. The van der Waals surface area contributed by atoms with Crippen molar-refractivity contribution in [3.8, 4) is 0 Å². The number of amides is 1. The number of anilines is 1. The predicted octanol–water partition coefficient (Wildman–Crippen LogP) is 1.40. The fraction of sp³-hybridized carbons (Fsp3) is 0.417. The molecule has 0 radical (unpaired) electrons. The molecular formula is C12H14N4O2S. The number of carbonyl (C=O) groups excluding carboxylic acids is 1. The van der Waals surface area contributed by atoms with E-state index in [1.807, 2.05) is 12.3 Å². The number of carbonyl (C=O) groups is 1. The molecule has 1 aliphatic rings. The lowest BCUT2D eigenvalue weighted by atomic mass is 10.3. The summed E-state index contributed by atoms with van der Waals surface area (Å²) in [5, 5.41) is 6.76. The van der Waals surface area contributed by atoms with Crippen molar-refractivity contribution in [1.82, 2.24) is 15.0 Å². The Morgan fingerprint density at radius 3 is 2.74 bits per heavy atom. The van der Waals surface area contributed by atoms with Crippen LogP contribution in [0.25, 0.3) is 0 Å². The summed E-state index contributed by atoms with van der Waals surface area (Å²) in [6.45, 7) is 4.96. The van der Waals surface area contributed by atoms with E-state index in [0.717, 1.165) is 23.9 Å². The average Bonchev–Trinajstić information content (AvgIpc) is 3.09. The monoisotopic (exact) mass is 278 g/mol. The van der Waals surface area contributed by atoms with Gasteiger partial charge >= 0.3 is 0 Å². The summed E-state index contributed by atoms with van der Waals surface area (Å²) >= 11 is 1.65. The maximum atomic E-state index is 12.1. The van der Waals surface area contributed by atoms with Gasteiger partial charge in [0.05, 0.1) is 5.69 Å². The van der Waals surface area contributed by atoms with E-state index in [1.165, 1.54) is 6.26 Å². The lowest BCUT2D eigenvalue weighted by molar-refractivity contribution is 0.0736. The van der Waals surface area contributed by atoms with Crippen molar-refractivity contribution in [1.29, 1.82) is 0 Å². The highest BCUT2D eigenvalue weighted by atomic mass is 32.1. The van der Waals surface area contributed by atoms with Crippen molar-refractivity contribution < 1.29 is 9.32 Å². The highest BCUT2D eigenvalue weighted by Gasteiger charge is 2.24. The van der Waals surface area contributed by atoms with Gasteiger partial charge in [0.15, 0.2) is 10.8 Å². The van der Waals surface area contributed by atoms with Crippen LogP contribution in [0.2, 0.25) is 0 Å². The molecule has 19 heavy (non-hydrogen) atoms. The molecule has 0 unspecified atom stereocenters. The molecule has 0 spiro atoms. The summed E-state index contributed by atoms with van der Waals surface area (Å²) in [5.41, 5.74) is 1.42. The minimum absolute atomic E-state index is 0.0660. The molecule has 0 bridgehead atoms. The van der Waals surface area contributed by atoms with E-state index in [4.69, 9.17) is 4.52 Å². The van der Waals surface area contributed by atoms with Gasteiger partial charge in [-0.15, -0.1) is 11.3 Å². The van der Waals surface area contributed by atoms with Gasteiger partial charge in [-0.05, 0) is 6.92 Å². The largest absolute Gasteiger partial charge is 0.364 e. The molecule has 6 nitrogen and oxygen atoms in total. The third kappa shape index (κ3) is 2.46. The highest BCUT2D eigenvalue weighted by Crippen LogP contribution is 2.21. The van der Waals surface area contributed by atoms with E-state index >= 15 is 0 Å². The second-order valence-electron chi connectivity index (χ2n) is 4.44. The Balaban J connectivity index is 1.62. The molecule has 1 amide bonds. The minimum Gasteiger partial charge on any atom is -0.364 e. The summed E-state index contributed by atoms with van der Waals surface area (Å²) in [6.07, 6.45) is 1.42. The molecule has 2 aromatic heterocycles. The standard InChI is InChI=1S/C12H14N4O2S/c1-9-8-19-12(13-9)16-5-3-15(4-6-16)11(17)10-2-7-18-14-10/h2,7-8H,3-6H2,1H3. The van der Waals surface area contributed by atoms with Gasteiger partial charge in [0.1, 0.15) is 6.26 Å². The molecule has 3 heterocycles. The van der Waals surface area contributed by atoms with Gasteiger partial charge in [-0.3, -0.25) is 4.79 Å². The van der Waals surface area contributed by atoms with E-state index in [9.17, 15) is 4.79 Å². The van der Waals surface area contributed by atoms with Gasteiger partial charge in [0, 0.05) is 37.6 Å². The molecule has 7 heteroatoms. The summed E-state index contributed by atoms with van der Waals surface area (Å²) < 4.78 is 4.70. The fourth-order valence-corrected chi connectivity index (χ4v) is 2.93. The number of nitrogens with zero attached hydrogens (tertiary/aromatic N) is 4. The van der Waals surface area contributed by atoms with E-state index in [0.29, 0.717) is 18.8 Å². The maximum absolute atomic E-state index is 12.1. The molecule has 1 saturated heterocycles. The zero-order valence-corrected chi connectivity index (χ0v) is 11.4. The number of rotatable bonds is 2. The number of thiazole rings is 1. The van der Waals surface area contributed by atoms with Gasteiger partial charge in [-0.25, -0.2) is 4.98 Å². The van der Waals surface area contributed by atoms with Gasteiger partial charge in [-0.1, -0.05) is 5.16 Å². The van der Waals surface area contributed by atoms with Crippen LogP contribution >= 0.6 is 11.3 Å². The van der Waals surface area contributed by atoms with Gasteiger partial charge < -0.3 is 14.3 Å². The second kappa shape index (κ2) is 5.00. The highest BCUT2D eigenvalue weighted by molar-refractivity contribution is 7.13. The maximum Gasteiger partial charge on any atom is 0.276 e. The predicted molar refractivity (Wildman–Crippen MR) is 71.5 cm³/mol. The van der Waals surface area contributed by atoms with E-state index in [-0.39, 0.29) is 5.91 Å². The number of hydrogen-bond donors (Lipinski definition) is 0. The molecule has 0 N–H and O–H groups in total. The zero-order chi connectivity index (χ0) is 13.2. The minimum atomic E-state index is -0.0660. The summed E-state index contributed by atoms with van der Waals surface area (Å²) in [7, 11) is 0. The van der Waals surface area contributed by atoms with Crippen molar-refractivity contribution in [2.24, 2.45) is 0 Å². The average molecular weight is 278 g/mol. The summed E-state index contributed by atoms with van der Waals surface area (Å²) in [4.78, 5) is 20.6. The molecule has 100 valence electrons. The van der Waals surface area contributed by atoms with Gasteiger partial charge in [0.25, 0.3) is 5.91 Å². The Labute approximate surface area is 114 Å². The number of piperazine rings is 1. The third-order valence-electron chi connectivity index (χ3n) is 3.10. The van der Waals surface area contributed by atoms with E-state index in [1.54, 1.807) is 22.3 Å². The van der Waals surface area contributed by atoms with Gasteiger partial charge in [-0.2, -0.15) is 0 Å². The van der Waals surface area contributed by atoms with Crippen LogP contribution in [0.3, 0.4) is 0 Å². The fourth-order valence-electron chi connectivity index (χ4n) is 2.07. The lowest BCUT2D eigenvalue weighted by Crippen LogP contribution is -2.48. The molecule has 2 aromatic rings. The molecule has 0 saturated carbocycles. The van der Waals surface area contributed by atoms with Crippen LogP contribution in [0.5, 0.6) is 0 Å². The Morgan fingerprint density at radius 2 is 2.16 bits per heavy atom. The van der Waals surface area contributed by atoms with E-state index in [2.05, 4.69) is 15.0 Å². The van der Waals surface area contributed by atoms with Crippen LogP contribution in [-0.2, 0) is 0 Å². The quantitative estimate of drug-likeness (QED) is 0.831. The molecule has 1 fully saturated rings. The summed E-state index contributed by atoms with van der Waals surface area (Å²) in [5.74, 6) is -0.0660. The van der Waals surface area contributed by atoms with Crippen LogP contribution in [0, 0.1) is 6.92 Å². The lowest BCUT2D eigenvalue weighted by Gasteiger charge is -2.34. The Hall–Kier alpha value is -1.89. The Kier molecular flexibility index (Phi) is 3.20. The Morgan fingerprint density at radius 1 is 1.37 bits per heavy atom. The van der Waals surface area contributed by atoms with Crippen molar-refractivity contribution in [3.05, 3.63) is 29.1 Å². The molecule has 0 aromatic carbocycles. The molecular weight excluding hydrogens is 264 g/mol. The first-order valence-corrected chi connectivity index (χ1v) is 6.99. The van der Waals surface area contributed by atoms with Crippen LogP contribution in [0.1, 0.15) is 16.2 Å². The second-order valence-corrected chi connectivity index (χ2v) is 5.27. The number of aromatic nitrogens is 2. The van der Waals surface area contributed by atoms with Gasteiger partial charge in [0.2, 0.25) is 0 Å². The van der Waals surface area contributed by atoms with Crippen LogP contribution < -0.4 is 4.90 Å². The SMILES string of the molecule is Cc1csc(N2CCN(C(=O)c3ccon3)CC2)n1. The van der Waals surface area contributed by atoms with Crippen molar-refractivity contribution in [2.45, 2.75) is 6.92 Å². The van der Waals surface area contributed by atoms with Crippen LogP contribution in [0.4, 0.5) is 5.13 Å². The Bertz CT molecular complexity index is 558. The first-order chi connectivity index (χ1) is 9.24. The molecule has 1 aliphatic heterocycles. The zero-order valence-electron chi connectivity index (χ0n) is 10.6. The molecule has 0 atom stereocenters. The van der Waals surface area contributed by atoms with Crippen molar-refractivity contribution in [2.75, 3.05) is 31.1 Å². The van der Waals surface area contributed by atoms with E-state index < -0.39 is 0 Å². The first-order valence-electron chi connectivity index (χ1n) is 6.11. The molecule has 3 rings (SSSR count). The number of hydrogen-bond acceptors (Lipinski definition) is 6. The van der Waals surface area contributed by atoms with Crippen molar-refractivity contribution >= 4 is 22.4 Å².